The van der Waals surface area contributed by atoms with Crippen LogP contribution in [0.5, 0.6) is 0 Å². The van der Waals surface area contributed by atoms with E-state index in [0.717, 1.165) is 18.5 Å². The van der Waals surface area contributed by atoms with E-state index in [1.165, 1.54) is 0 Å². The second-order valence-corrected chi connectivity index (χ2v) is 4.34. The van der Waals surface area contributed by atoms with Crippen LogP contribution in [-0.2, 0) is 4.74 Å². The molecular weight excluding hydrogens is 212 g/mol. The predicted molar refractivity (Wildman–Crippen MR) is 63.3 cm³/mol. The summed E-state index contributed by atoms with van der Waals surface area (Å²) in [5.41, 5.74) is 7.49. The molecule has 3 N–H and O–H groups in total. The monoisotopic (exact) mass is 226 g/mol. The van der Waals surface area contributed by atoms with E-state index in [0.29, 0.717) is 22.9 Å². The van der Waals surface area contributed by atoms with Crippen molar-refractivity contribution in [1.29, 1.82) is 0 Å². The maximum Gasteiger partial charge on any atom is 0.0610 e. The molecule has 15 heavy (non-hydrogen) atoms. The number of anilines is 2. The smallest absolute Gasteiger partial charge is 0.0610 e. The lowest BCUT2D eigenvalue weighted by Crippen LogP contribution is -2.40. The van der Waals surface area contributed by atoms with Gasteiger partial charge in [0, 0.05) is 18.2 Å². The molecule has 0 radical (unpaired) electrons. The van der Waals surface area contributed by atoms with Gasteiger partial charge >= 0.3 is 0 Å². The van der Waals surface area contributed by atoms with Crippen molar-refractivity contribution in [2.24, 2.45) is 0 Å². The Kier molecular flexibility index (Phi) is 3.03. The number of hydrogen-bond acceptors (Lipinski definition) is 3. The molecular formula is C11H15ClN2O. The Bertz CT molecular complexity index is 350. The van der Waals surface area contributed by atoms with Gasteiger partial charge in [-0.2, -0.15) is 0 Å². The highest BCUT2D eigenvalue weighted by Gasteiger charge is 2.28. The number of nitrogen functional groups attached to an aromatic ring is 1. The van der Waals surface area contributed by atoms with Crippen LogP contribution >= 0.6 is 11.6 Å². The van der Waals surface area contributed by atoms with Crippen molar-refractivity contribution in [2.75, 3.05) is 18.2 Å². The van der Waals surface area contributed by atoms with E-state index in [2.05, 4.69) is 5.32 Å². The van der Waals surface area contributed by atoms with Crippen molar-refractivity contribution in [3.8, 4) is 0 Å². The maximum absolute atomic E-state index is 5.84. The van der Waals surface area contributed by atoms with Crippen molar-refractivity contribution in [1.82, 2.24) is 0 Å². The fraction of sp³-hybridized carbons (Fsp3) is 0.455. The zero-order chi connectivity index (χ0) is 10.8. The highest BCUT2D eigenvalue weighted by Crippen LogP contribution is 2.29. The summed E-state index contributed by atoms with van der Waals surface area (Å²) in [6, 6.07) is 5.99. The van der Waals surface area contributed by atoms with Crippen LogP contribution in [0.25, 0.3) is 0 Å². The van der Waals surface area contributed by atoms with Gasteiger partial charge < -0.3 is 15.8 Å². The minimum absolute atomic E-state index is 0.399. The van der Waals surface area contributed by atoms with Gasteiger partial charge in [-0.25, -0.2) is 0 Å². The second-order valence-electron chi connectivity index (χ2n) is 3.90. The van der Waals surface area contributed by atoms with Gasteiger partial charge in [-0.15, -0.1) is 0 Å². The van der Waals surface area contributed by atoms with Crippen LogP contribution < -0.4 is 11.1 Å². The number of nitrogens with two attached hydrogens (primary N) is 1. The Hall–Kier alpha value is -0.930. The van der Waals surface area contributed by atoms with E-state index in [-0.39, 0.29) is 0 Å². The first kappa shape index (κ1) is 10.6. The molecule has 1 aromatic carbocycles. The van der Waals surface area contributed by atoms with Gasteiger partial charge in [0.15, 0.2) is 0 Å². The summed E-state index contributed by atoms with van der Waals surface area (Å²) in [6.45, 7) is 0. The third-order valence-corrected chi connectivity index (χ3v) is 3.04. The van der Waals surface area contributed by atoms with Crippen molar-refractivity contribution in [2.45, 2.75) is 25.0 Å². The highest BCUT2D eigenvalue weighted by molar-refractivity contribution is 6.31. The van der Waals surface area contributed by atoms with E-state index in [9.17, 15) is 0 Å². The first-order valence-corrected chi connectivity index (χ1v) is 5.41. The number of nitrogens with one attached hydrogen (secondary N) is 1. The fourth-order valence-corrected chi connectivity index (χ4v) is 1.94. The molecule has 4 heteroatoms. The zero-order valence-corrected chi connectivity index (χ0v) is 9.42. The first-order valence-electron chi connectivity index (χ1n) is 5.03. The minimum atomic E-state index is 0.399. The topological polar surface area (TPSA) is 47.3 Å². The summed E-state index contributed by atoms with van der Waals surface area (Å²) in [5.74, 6) is 0. The van der Waals surface area contributed by atoms with Crippen molar-refractivity contribution in [3.63, 3.8) is 0 Å². The van der Waals surface area contributed by atoms with Gasteiger partial charge in [0.05, 0.1) is 17.5 Å². The molecule has 0 heterocycles. The number of hydrogen-bond donors (Lipinski definition) is 2. The molecule has 0 aromatic heterocycles. The third-order valence-electron chi connectivity index (χ3n) is 2.80. The van der Waals surface area contributed by atoms with Gasteiger partial charge in [0.25, 0.3) is 0 Å². The third kappa shape index (κ3) is 2.36. The molecule has 1 aromatic rings. The van der Waals surface area contributed by atoms with Crippen LogP contribution in [0.1, 0.15) is 12.8 Å². The Balaban J connectivity index is 1.94. The molecule has 2 rings (SSSR count). The summed E-state index contributed by atoms with van der Waals surface area (Å²) >= 11 is 5.82. The summed E-state index contributed by atoms with van der Waals surface area (Å²) in [7, 11) is 1.75. The summed E-state index contributed by atoms with van der Waals surface area (Å²) in [6.07, 6.45) is 2.48. The molecule has 3 nitrogen and oxygen atoms in total. The summed E-state index contributed by atoms with van der Waals surface area (Å²) in [4.78, 5) is 0. The van der Waals surface area contributed by atoms with Gasteiger partial charge in [0.1, 0.15) is 0 Å². The van der Waals surface area contributed by atoms with E-state index >= 15 is 0 Å². The molecule has 82 valence electrons. The van der Waals surface area contributed by atoms with Crippen LogP contribution in [0, 0.1) is 0 Å². The van der Waals surface area contributed by atoms with Crippen molar-refractivity contribution in [3.05, 3.63) is 23.2 Å². The Labute approximate surface area is 94.6 Å². The summed E-state index contributed by atoms with van der Waals surface area (Å²) in [5, 5.41) is 4.04. The standard InChI is InChI=1S/C11H15ClN2O/c1-15-9-5-8(6-9)14-11-3-2-7(12)4-10(11)13/h2-4,8-9,14H,5-6,13H2,1H3. The molecule has 0 saturated heterocycles. The van der Waals surface area contributed by atoms with E-state index in [1.807, 2.05) is 12.1 Å². The second kappa shape index (κ2) is 4.29. The molecule has 1 aliphatic rings. The van der Waals surface area contributed by atoms with Crippen molar-refractivity contribution < 1.29 is 4.74 Å². The lowest BCUT2D eigenvalue weighted by Gasteiger charge is -2.35. The van der Waals surface area contributed by atoms with Crippen LogP contribution in [0.3, 0.4) is 0 Å². The molecule has 0 aliphatic heterocycles. The average molecular weight is 227 g/mol. The van der Waals surface area contributed by atoms with Gasteiger partial charge in [-0.1, -0.05) is 11.6 Å². The van der Waals surface area contributed by atoms with E-state index in [1.54, 1.807) is 13.2 Å². The Morgan fingerprint density at radius 3 is 2.80 bits per heavy atom. The normalized spacial score (nSPS) is 24.7. The number of halogens is 1. The van der Waals surface area contributed by atoms with Gasteiger partial charge in [-0.05, 0) is 31.0 Å². The van der Waals surface area contributed by atoms with Crippen LogP contribution in [-0.4, -0.2) is 19.3 Å². The average Bonchev–Trinajstić information content (AvgIpc) is 2.13. The molecule has 1 fully saturated rings. The molecule has 0 bridgehead atoms. The van der Waals surface area contributed by atoms with Crippen LogP contribution in [0.4, 0.5) is 11.4 Å². The predicted octanol–water partition coefficient (Wildman–Crippen LogP) is 2.51. The Morgan fingerprint density at radius 2 is 2.20 bits per heavy atom. The molecule has 0 spiro atoms. The van der Waals surface area contributed by atoms with E-state index < -0.39 is 0 Å². The number of methoxy groups -OCH3 is 1. The summed E-state index contributed by atoms with van der Waals surface area (Å²) < 4.78 is 5.21. The number of ether oxygens (including phenoxy) is 1. The number of benzene rings is 1. The highest BCUT2D eigenvalue weighted by atomic mass is 35.5. The Morgan fingerprint density at radius 1 is 1.47 bits per heavy atom. The van der Waals surface area contributed by atoms with Crippen LogP contribution in [0.15, 0.2) is 18.2 Å². The quantitative estimate of drug-likeness (QED) is 0.779. The van der Waals surface area contributed by atoms with E-state index in [4.69, 9.17) is 22.1 Å². The van der Waals surface area contributed by atoms with Crippen molar-refractivity contribution >= 4 is 23.0 Å². The lowest BCUT2D eigenvalue weighted by atomic mass is 9.89. The van der Waals surface area contributed by atoms with Gasteiger partial charge in [0.2, 0.25) is 0 Å². The first-order chi connectivity index (χ1) is 7.19. The van der Waals surface area contributed by atoms with Gasteiger partial charge in [-0.3, -0.25) is 0 Å². The zero-order valence-electron chi connectivity index (χ0n) is 8.66. The molecule has 0 unspecified atom stereocenters. The lowest BCUT2D eigenvalue weighted by molar-refractivity contribution is 0.0329. The molecule has 0 amide bonds. The van der Waals surface area contributed by atoms with Crippen LogP contribution in [0.2, 0.25) is 5.02 Å². The molecule has 0 atom stereocenters. The number of rotatable bonds is 3. The largest absolute Gasteiger partial charge is 0.397 e. The molecule has 1 aliphatic carbocycles. The fourth-order valence-electron chi connectivity index (χ4n) is 1.76. The SMILES string of the molecule is COC1CC(Nc2ccc(Cl)cc2N)C1. The molecule has 1 saturated carbocycles. The minimum Gasteiger partial charge on any atom is -0.397 e. The maximum atomic E-state index is 5.84.